The normalized spacial score (nSPS) is 12.7. The Balaban J connectivity index is 2.55. The lowest BCUT2D eigenvalue weighted by atomic mass is 10.00. The van der Waals surface area contributed by atoms with Crippen molar-refractivity contribution in [3.8, 4) is 0 Å². The molecule has 1 aromatic carbocycles. The van der Waals surface area contributed by atoms with Gasteiger partial charge in [-0.25, -0.2) is 0 Å². The van der Waals surface area contributed by atoms with Crippen LogP contribution in [0.4, 0.5) is 0 Å². The van der Waals surface area contributed by atoms with Crippen molar-refractivity contribution in [2.24, 2.45) is 5.84 Å². The molecule has 0 saturated heterocycles. The van der Waals surface area contributed by atoms with Crippen LogP contribution in [0.15, 0.2) is 18.2 Å². The minimum absolute atomic E-state index is 0.0350. The fourth-order valence-corrected chi connectivity index (χ4v) is 2.77. The van der Waals surface area contributed by atoms with Crippen LogP contribution in [0, 0.1) is 0 Å². The first-order valence-corrected chi connectivity index (χ1v) is 7.36. The van der Waals surface area contributed by atoms with E-state index in [4.69, 9.17) is 29.0 Å². The van der Waals surface area contributed by atoms with Crippen LogP contribution in [0.1, 0.15) is 57.1 Å². The first kappa shape index (κ1) is 15.8. The lowest BCUT2D eigenvalue weighted by Gasteiger charge is -2.19. The zero-order chi connectivity index (χ0) is 13.4. The quantitative estimate of drug-likeness (QED) is 0.407. The second-order valence-electron chi connectivity index (χ2n) is 4.56. The molecule has 3 N–H and O–H groups in total. The maximum absolute atomic E-state index is 6.19. The third kappa shape index (κ3) is 4.77. The topological polar surface area (TPSA) is 38.0 Å². The summed E-state index contributed by atoms with van der Waals surface area (Å²) in [6.45, 7) is 2.22. The predicted octanol–water partition coefficient (Wildman–Crippen LogP) is 4.86. The highest BCUT2D eigenvalue weighted by atomic mass is 35.5. The van der Waals surface area contributed by atoms with Crippen LogP contribution in [-0.2, 0) is 0 Å². The van der Waals surface area contributed by atoms with E-state index in [0.29, 0.717) is 10.0 Å². The number of hydrogen-bond acceptors (Lipinski definition) is 2. The van der Waals surface area contributed by atoms with Crippen molar-refractivity contribution in [3.05, 3.63) is 33.8 Å². The monoisotopic (exact) mass is 288 g/mol. The van der Waals surface area contributed by atoms with Crippen LogP contribution in [0.25, 0.3) is 0 Å². The van der Waals surface area contributed by atoms with E-state index in [9.17, 15) is 0 Å². The third-order valence-corrected chi connectivity index (χ3v) is 3.80. The predicted molar refractivity (Wildman–Crippen MR) is 79.9 cm³/mol. The van der Waals surface area contributed by atoms with Gasteiger partial charge in [-0.05, 0) is 18.6 Å². The van der Waals surface area contributed by atoms with Gasteiger partial charge in [0.15, 0.2) is 0 Å². The van der Waals surface area contributed by atoms with E-state index in [1.165, 1.54) is 25.7 Å². The molecule has 0 aromatic heterocycles. The molecule has 1 rings (SSSR count). The Hall–Kier alpha value is -0.280. The second-order valence-corrected chi connectivity index (χ2v) is 5.37. The summed E-state index contributed by atoms with van der Waals surface area (Å²) in [5.41, 5.74) is 3.74. The molecule has 1 unspecified atom stereocenters. The molecule has 0 heterocycles. The number of hydrazine groups is 1. The average molecular weight is 289 g/mol. The minimum Gasteiger partial charge on any atom is -0.271 e. The van der Waals surface area contributed by atoms with Gasteiger partial charge in [-0.3, -0.25) is 11.3 Å². The van der Waals surface area contributed by atoms with Crippen LogP contribution in [0.5, 0.6) is 0 Å². The lowest BCUT2D eigenvalue weighted by molar-refractivity contribution is 0.479. The van der Waals surface area contributed by atoms with Crippen molar-refractivity contribution >= 4 is 23.2 Å². The van der Waals surface area contributed by atoms with Gasteiger partial charge in [0, 0.05) is 21.7 Å². The number of nitrogens with two attached hydrogens (primary N) is 1. The second kappa shape index (κ2) is 8.76. The maximum atomic E-state index is 6.19. The zero-order valence-electron chi connectivity index (χ0n) is 10.9. The number of rotatable bonds is 8. The highest BCUT2D eigenvalue weighted by Gasteiger charge is 2.16. The summed E-state index contributed by atoms with van der Waals surface area (Å²) in [7, 11) is 0. The van der Waals surface area contributed by atoms with Crippen LogP contribution < -0.4 is 11.3 Å². The number of nitrogens with one attached hydrogen (secondary N) is 1. The zero-order valence-corrected chi connectivity index (χ0v) is 12.4. The van der Waals surface area contributed by atoms with Crippen LogP contribution in [0.2, 0.25) is 10.0 Å². The van der Waals surface area contributed by atoms with E-state index in [2.05, 4.69) is 12.3 Å². The molecule has 102 valence electrons. The Morgan fingerprint density at radius 3 is 2.28 bits per heavy atom. The van der Waals surface area contributed by atoms with Gasteiger partial charge in [0.05, 0.1) is 0 Å². The molecule has 1 atom stereocenters. The van der Waals surface area contributed by atoms with Crippen LogP contribution in [0.3, 0.4) is 0 Å². The van der Waals surface area contributed by atoms with E-state index < -0.39 is 0 Å². The summed E-state index contributed by atoms with van der Waals surface area (Å²) in [5.74, 6) is 5.62. The maximum Gasteiger partial charge on any atom is 0.0489 e. The van der Waals surface area contributed by atoms with Crippen molar-refractivity contribution in [2.75, 3.05) is 0 Å². The van der Waals surface area contributed by atoms with E-state index in [0.717, 1.165) is 18.4 Å². The molecule has 0 spiro atoms. The molecule has 0 bridgehead atoms. The van der Waals surface area contributed by atoms with Gasteiger partial charge in [-0.1, -0.05) is 68.3 Å². The van der Waals surface area contributed by atoms with Gasteiger partial charge in [0.2, 0.25) is 0 Å². The molecule has 0 fully saturated rings. The summed E-state index contributed by atoms with van der Waals surface area (Å²) in [5, 5.41) is 1.36. The van der Waals surface area contributed by atoms with Gasteiger partial charge in [0.25, 0.3) is 0 Å². The smallest absolute Gasteiger partial charge is 0.0489 e. The largest absolute Gasteiger partial charge is 0.271 e. The molecule has 0 radical (unpaired) electrons. The van der Waals surface area contributed by atoms with Crippen molar-refractivity contribution in [1.82, 2.24) is 5.43 Å². The van der Waals surface area contributed by atoms with Gasteiger partial charge in [-0.15, -0.1) is 0 Å². The highest BCUT2D eigenvalue weighted by molar-refractivity contribution is 6.36. The third-order valence-electron chi connectivity index (χ3n) is 3.15. The molecule has 18 heavy (non-hydrogen) atoms. The van der Waals surface area contributed by atoms with E-state index >= 15 is 0 Å². The lowest BCUT2D eigenvalue weighted by Crippen LogP contribution is -2.28. The summed E-state index contributed by atoms with van der Waals surface area (Å²) in [6, 6.07) is 5.59. The van der Waals surface area contributed by atoms with Gasteiger partial charge < -0.3 is 0 Å². The van der Waals surface area contributed by atoms with E-state index in [-0.39, 0.29) is 6.04 Å². The Labute approximate surface area is 120 Å². The molecule has 0 saturated carbocycles. The Bertz CT molecular complexity index is 335. The molecule has 4 heteroatoms. The van der Waals surface area contributed by atoms with Crippen molar-refractivity contribution < 1.29 is 0 Å². The fraction of sp³-hybridized carbons (Fsp3) is 0.571. The molecular weight excluding hydrogens is 267 g/mol. The molecule has 0 aliphatic heterocycles. The van der Waals surface area contributed by atoms with E-state index in [1.807, 2.05) is 18.2 Å². The standard InChI is InChI=1S/C14H22Cl2N2/c1-2-3-4-5-6-10-13(18-17)14-11(15)8-7-9-12(14)16/h7-9,13,18H,2-6,10,17H2,1H3. The highest BCUT2D eigenvalue weighted by Crippen LogP contribution is 2.32. The van der Waals surface area contributed by atoms with Crippen LogP contribution >= 0.6 is 23.2 Å². The molecule has 0 amide bonds. The van der Waals surface area contributed by atoms with Gasteiger partial charge in [-0.2, -0.15) is 0 Å². The SMILES string of the molecule is CCCCCCCC(NN)c1c(Cl)cccc1Cl. The number of hydrogen-bond donors (Lipinski definition) is 2. The Morgan fingerprint density at radius 2 is 1.72 bits per heavy atom. The Kier molecular flexibility index (Phi) is 7.68. The first-order valence-electron chi connectivity index (χ1n) is 6.60. The molecule has 1 aromatic rings. The number of unbranched alkanes of at least 4 members (excludes halogenated alkanes) is 4. The molecule has 0 aliphatic carbocycles. The molecule has 2 nitrogen and oxygen atoms in total. The summed E-state index contributed by atoms with van der Waals surface area (Å²) in [4.78, 5) is 0. The van der Waals surface area contributed by atoms with Gasteiger partial charge >= 0.3 is 0 Å². The summed E-state index contributed by atoms with van der Waals surface area (Å²) < 4.78 is 0. The molecule has 0 aliphatic rings. The van der Waals surface area contributed by atoms with Gasteiger partial charge in [0.1, 0.15) is 0 Å². The fourth-order valence-electron chi connectivity index (χ4n) is 2.11. The van der Waals surface area contributed by atoms with Crippen LogP contribution in [-0.4, -0.2) is 0 Å². The molecular formula is C14H22Cl2N2. The summed E-state index contributed by atoms with van der Waals surface area (Å²) in [6.07, 6.45) is 7.17. The van der Waals surface area contributed by atoms with Crippen molar-refractivity contribution in [2.45, 2.75) is 51.5 Å². The number of benzene rings is 1. The summed E-state index contributed by atoms with van der Waals surface area (Å²) >= 11 is 12.4. The first-order chi connectivity index (χ1) is 8.70. The van der Waals surface area contributed by atoms with Crippen molar-refractivity contribution in [1.29, 1.82) is 0 Å². The van der Waals surface area contributed by atoms with Crippen molar-refractivity contribution in [3.63, 3.8) is 0 Å². The minimum atomic E-state index is 0.0350. The number of halogens is 2. The average Bonchev–Trinajstić information content (AvgIpc) is 2.36. The van der Waals surface area contributed by atoms with E-state index in [1.54, 1.807) is 0 Å². The Morgan fingerprint density at radius 1 is 1.11 bits per heavy atom.